The van der Waals surface area contributed by atoms with E-state index in [1.54, 1.807) is 12.1 Å². The zero-order valence-corrected chi connectivity index (χ0v) is 11.4. The first-order valence-electron chi connectivity index (χ1n) is 5.04. The van der Waals surface area contributed by atoms with Crippen molar-refractivity contribution in [2.75, 3.05) is 12.4 Å². The van der Waals surface area contributed by atoms with E-state index >= 15 is 0 Å². The van der Waals surface area contributed by atoms with Crippen LogP contribution in [0.25, 0.3) is 0 Å². The molecule has 2 N–H and O–H groups in total. The van der Waals surface area contributed by atoms with Gasteiger partial charge in [0.15, 0.2) is 0 Å². The maximum Gasteiger partial charge on any atom is 0.339 e. The molecule has 0 atom stereocenters. The van der Waals surface area contributed by atoms with E-state index in [1.807, 2.05) is 0 Å². The summed E-state index contributed by atoms with van der Waals surface area (Å²) in [7, 11) is 1.25. The van der Waals surface area contributed by atoms with E-state index in [2.05, 4.69) is 26.0 Å². The van der Waals surface area contributed by atoms with Gasteiger partial charge in [-0.3, -0.25) is 4.79 Å². The number of nitrogens with one attached hydrogen (secondary N) is 1. The molecule has 1 aromatic carbocycles. The number of methoxy groups -OCH3 is 1. The van der Waals surface area contributed by atoms with Gasteiger partial charge in [0.1, 0.15) is 0 Å². The van der Waals surface area contributed by atoms with Gasteiger partial charge >= 0.3 is 11.9 Å². The summed E-state index contributed by atoms with van der Waals surface area (Å²) in [6.45, 7) is 0. The van der Waals surface area contributed by atoms with Crippen LogP contribution in [0.4, 0.5) is 5.69 Å². The van der Waals surface area contributed by atoms with Gasteiger partial charge in [-0.2, -0.15) is 0 Å². The fourth-order valence-corrected chi connectivity index (χ4v) is 1.61. The summed E-state index contributed by atoms with van der Waals surface area (Å²) in [4.78, 5) is 33.0. The molecule has 0 aliphatic carbocycles. The van der Waals surface area contributed by atoms with E-state index in [9.17, 15) is 14.4 Å². The predicted molar refractivity (Wildman–Crippen MR) is 70.9 cm³/mol. The minimum Gasteiger partial charge on any atom is -0.478 e. The third-order valence-electron chi connectivity index (χ3n) is 2.02. The SMILES string of the molecule is COC(=O)c1cc(NC(=O)/C=C/C(=O)O)ccc1Br. The minimum absolute atomic E-state index is 0.252. The van der Waals surface area contributed by atoms with E-state index < -0.39 is 17.8 Å². The Hall–Kier alpha value is -2.15. The third-order valence-corrected chi connectivity index (χ3v) is 2.71. The number of ether oxygens (including phenoxy) is 1. The van der Waals surface area contributed by atoms with Crippen molar-refractivity contribution in [3.8, 4) is 0 Å². The van der Waals surface area contributed by atoms with E-state index in [-0.39, 0.29) is 5.56 Å². The Balaban J connectivity index is 2.88. The van der Waals surface area contributed by atoms with Crippen molar-refractivity contribution in [1.82, 2.24) is 0 Å². The molecule has 0 saturated carbocycles. The second-order valence-corrected chi connectivity index (χ2v) is 4.20. The average Bonchev–Trinajstić information content (AvgIpc) is 2.37. The minimum atomic E-state index is -1.22. The maximum absolute atomic E-state index is 11.4. The molecule has 0 heterocycles. The smallest absolute Gasteiger partial charge is 0.339 e. The van der Waals surface area contributed by atoms with Crippen molar-refractivity contribution in [3.63, 3.8) is 0 Å². The molecule has 0 fully saturated rings. The van der Waals surface area contributed by atoms with Crippen LogP contribution in [-0.2, 0) is 14.3 Å². The highest BCUT2D eigenvalue weighted by molar-refractivity contribution is 9.10. The molecule has 0 saturated heterocycles. The number of carboxylic acids is 1. The molecule has 0 unspecified atom stereocenters. The van der Waals surface area contributed by atoms with Crippen molar-refractivity contribution in [1.29, 1.82) is 0 Å². The van der Waals surface area contributed by atoms with Crippen LogP contribution in [0.1, 0.15) is 10.4 Å². The number of rotatable bonds is 4. The second kappa shape index (κ2) is 6.69. The zero-order chi connectivity index (χ0) is 14.4. The standard InChI is InChI=1S/C12H10BrNO5/c1-19-12(18)8-6-7(2-3-9(8)13)14-10(15)4-5-11(16)17/h2-6H,1H3,(H,14,15)(H,16,17)/b5-4+. The molecule has 19 heavy (non-hydrogen) atoms. The molecular weight excluding hydrogens is 318 g/mol. The first-order valence-corrected chi connectivity index (χ1v) is 5.83. The van der Waals surface area contributed by atoms with Crippen LogP contribution in [0.2, 0.25) is 0 Å². The van der Waals surface area contributed by atoms with Gasteiger partial charge in [-0.25, -0.2) is 9.59 Å². The summed E-state index contributed by atoms with van der Waals surface area (Å²) in [6.07, 6.45) is 1.59. The van der Waals surface area contributed by atoms with Crippen LogP contribution in [0, 0.1) is 0 Å². The lowest BCUT2D eigenvalue weighted by atomic mass is 10.2. The van der Waals surface area contributed by atoms with Gasteiger partial charge in [0, 0.05) is 22.3 Å². The average molecular weight is 328 g/mol. The summed E-state index contributed by atoms with van der Waals surface area (Å²) in [5.41, 5.74) is 0.603. The van der Waals surface area contributed by atoms with Crippen LogP contribution in [0.5, 0.6) is 0 Å². The van der Waals surface area contributed by atoms with Gasteiger partial charge in [-0.15, -0.1) is 0 Å². The molecule has 0 spiro atoms. The number of amides is 1. The highest BCUT2D eigenvalue weighted by atomic mass is 79.9. The lowest BCUT2D eigenvalue weighted by Crippen LogP contribution is -2.10. The number of halogens is 1. The summed E-state index contributed by atoms with van der Waals surface area (Å²) in [5, 5.41) is 10.8. The van der Waals surface area contributed by atoms with E-state index in [0.29, 0.717) is 10.2 Å². The third kappa shape index (κ3) is 4.55. The molecule has 0 aliphatic rings. The molecule has 100 valence electrons. The van der Waals surface area contributed by atoms with Crippen LogP contribution in [0.15, 0.2) is 34.8 Å². The fourth-order valence-electron chi connectivity index (χ4n) is 1.20. The molecule has 0 aliphatic heterocycles. The van der Waals surface area contributed by atoms with E-state index in [1.165, 1.54) is 13.2 Å². The van der Waals surface area contributed by atoms with Crippen LogP contribution < -0.4 is 5.32 Å². The number of carbonyl (C=O) groups is 3. The van der Waals surface area contributed by atoms with Crippen molar-refractivity contribution in [2.45, 2.75) is 0 Å². The first kappa shape index (κ1) is 14.9. The molecule has 7 heteroatoms. The molecule has 0 aromatic heterocycles. The number of esters is 1. The molecule has 1 rings (SSSR count). The Morgan fingerprint density at radius 2 is 2.00 bits per heavy atom. The first-order chi connectivity index (χ1) is 8.93. The second-order valence-electron chi connectivity index (χ2n) is 3.35. The number of anilines is 1. The normalized spacial score (nSPS) is 10.2. The molecule has 1 aromatic rings. The number of carboxylic acid groups (broad SMARTS) is 1. The van der Waals surface area contributed by atoms with Crippen molar-refractivity contribution in [3.05, 3.63) is 40.4 Å². The highest BCUT2D eigenvalue weighted by Crippen LogP contribution is 2.21. The summed E-state index contributed by atoms with van der Waals surface area (Å²) >= 11 is 3.18. The summed E-state index contributed by atoms with van der Waals surface area (Å²) in [6, 6.07) is 4.55. The lowest BCUT2D eigenvalue weighted by molar-refractivity contribution is -0.131. The van der Waals surface area contributed by atoms with Crippen molar-refractivity contribution < 1.29 is 24.2 Å². The van der Waals surface area contributed by atoms with Gasteiger partial charge in [0.25, 0.3) is 0 Å². The Morgan fingerprint density at radius 1 is 1.32 bits per heavy atom. The monoisotopic (exact) mass is 327 g/mol. The number of carbonyl (C=O) groups excluding carboxylic acids is 2. The Morgan fingerprint density at radius 3 is 2.58 bits per heavy atom. The number of hydrogen-bond donors (Lipinski definition) is 2. The quantitative estimate of drug-likeness (QED) is 0.650. The Kier molecular flexibility index (Phi) is 5.25. The lowest BCUT2D eigenvalue weighted by Gasteiger charge is -2.06. The molecular formula is C12H10BrNO5. The molecule has 6 nitrogen and oxygen atoms in total. The molecule has 0 radical (unpaired) electrons. The van der Waals surface area contributed by atoms with Gasteiger partial charge in [0.05, 0.1) is 12.7 Å². The van der Waals surface area contributed by atoms with Gasteiger partial charge < -0.3 is 15.2 Å². The maximum atomic E-state index is 11.4. The Labute approximate surface area is 117 Å². The summed E-state index contributed by atoms with van der Waals surface area (Å²) < 4.78 is 5.11. The number of aliphatic carboxylic acids is 1. The van der Waals surface area contributed by atoms with Crippen molar-refractivity contribution >= 4 is 39.5 Å². The fraction of sp³-hybridized carbons (Fsp3) is 0.0833. The number of hydrogen-bond acceptors (Lipinski definition) is 4. The van der Waals surface area contributed by atoms with Gasteiger partial charge in [-0.05, 0) is 34.1 Å². The van der Waals surface area contributed by atoms with Crippen molar-refractivity contribution in [2.24, 2.45) is 0 Å². The number of benzene rings is 1. The van der Waals surface area contributed by atoms with E-state index in [4.69, 9.17) is 5.11 Å². The topological polar surface area (TPSA) is 92.7 Å². The summed E-state index contributed by atoms with van der Waals surface area (Å²) in [5.74, 6) is -2.38. The van der Waals surface area contributed by atoms with Crippen LogP contribution in [0.3, 0.4) is 0 Å². The molecule has 1 amide bonds. The highest BCUT2D eigenvalue weighted by Gasteiger charge is 2.11. The van der Waals surface area contributed by atoms with Crippen LogP contribution in [-0.4, -0.2) is 30.1 Å². The molecule has 0 bridgehead atoms. The van der Waals surface area contributed by atoms with Crippen LogP contribution >= 0.6 is 15.9 Å². The van der Waals surface area contributed by atoms with E-state index in [0.717, 1.165) is 12.2 Å². The largest absolute Gasteiger partial charge is 0.478 e. The van der Waals surface area contributed by atoms with Gasteiger partial charge in [-0.1, -0.05) is 0 Å². The van der Waals surface area contributed by atoms with Gasteiger partial charge in [0.2, 0.25) is 5.91 Å². The Bertz CT molecular complexity index is 553. The zero-order valence-electron chi connectivity index (χ0n) is 9.84. The predicted octanol–water partition coefficient (Wildman–Crippen LogP) is 1.82.